The van der Waals surface area contributed by atoms with Crippen molar-refractivity contribution in [2.24, 2.45) is 11.5 Å². The van der Waals surface area contributed by atoms with Gasteiger partial charge < -0.3 is 54.8 Å². The fraction of sp³-hybridized carbons (Fsp3) is 0.333. The topological polar surface area (TPSA) is 157 Å². The molecule has 3 aliphatic rings. The van der Waals surface area contributed by atoms with Crippen LogP contribution in [0.5, 0.6) is 0 Å². The van der Waals surface area contributed by atoms with Crippen LogP contribution in [-0.2, 0) is 45.4 Å². The summed E-state index contributed by atoms with van der Waals surface area (Å²) in [5.74, 6) is 0. The van der Waals surface area contributed by atoms with Crippen molar-refractivity contribution in [3.05, 3.63) is 179 Å². The van der Waals surface area contributed by atoms with Gasteiger partial charge in [0.1, 0.15) is 42.2 Å². The van der Waals surface area contributed by atoms with Crippen LogP contribution in [0.4, 0.5) is 0 Å². The summed E-state index contributed by atoms with van der Waals surface area (Å²) in [5, 5.41) is 23.5. The Kier molecular flexibility index (Phi) is 12.0. The summed E-state index contributed by atoms with van der Waals surface area (Å²) in [7, 11) is 0. The first-order chi connectivity index (χ1) is 27.4. The molecule has 56 heavy (non-hydrogen) atoms. The van der Waals surface area contributed by atoms with Crippen LogP contribution in [-0.4, -0.2) is 84.7 Å². The van der Waals surface area contributed by atoms with Crippen molar-refractivity contribution in [3.63, 3.8) is 0 Å². The van der Waals surface area contributed by atoms with Crippen molar-refractivity contribution in [1.82, 2.24) is 0 Å². The largest absolute Gasteiger partial charge is 0.388 e. The van der Waals surface area contributed by atoms with Crippen molar-refractivity contribution in [1.29, 1.82) is 0 Å². The van der Waals surface area contributed by atoms with E-state index in [0.717, 1.165) is 27.8 Å². The molecule has 0 aromatic heterocycles. The number of hydrogen-bond acceptors (Lipinski definition) is 11. The van der Waals surface area contributed by atoms with E-state index in [9.17, 15) is 10.2 Å². The minimum atomic E-state index is -1.32. The number of fused-ring (bicyclic) bond motifs is 1. The lowest BCUT2D eigenvalue weighted by atomic mass is 9.80. The molecular formula is C45H48N2O9. The molecule has 0 bridgehead atoms. The second-order valence-electron chi connectivity index (χ2n) is 14.4. The van der Waals surface area contributed by atoms with Gasteiger partial charge in [-0.15, -0.1) is 0 Å². The molecule has 0 saturated carbocycles. The summed E-state index contributed by atoms with van der Waals surface area (Å²) in [4.78, 5) is 0. The van der Waals surface area contributed by atoms with Gasteiger partial charge in [0.05, 0.1) is 31.9 Å². The summed E-state index contributed by atoms with van der Waals surface area (Å²) in [6.45, 7) is 0.232. The first-order valence-corrected chi connectivity index (χ1v) is 19.0. The van der Waals surface area contributed by atoms with E-state index in [1.807, 2.05) is 152 Å². The van der Waals surface area contributed by atoms with E-state index in [2.05, 4.69) is 0 Å². The van der Waals surface area contributed by atoms with Crippen LogP contribution in [0.25, 0.3) is 0 Å². The van der Waals surface area contributed by atoms with Gasteiger partial charge >= 0.3 is 0 Å². The molecule has 11 atom stereocenters. The molecule has 0 spiro atoms. The van der Waals surface area contributed by atoms with Crippen molar-refractivity contribution < 1.29 is 43.4 Å². The second kappa shape index (κ2) is 17.4. The first-order valence-electron chi connectivity index (χ1n) is 19.0. The predicted molar refractivity (Wildman–Crippen MR) is 207 cm³/mol. The fourth-order valence-corrected chi connectivity index (χ4v) is 7.79. The monoisotopic (exact) mass is 760 g/mol. The Balaban J connectivity index is 1.09. The maximum atomic E-state index is 12.0. The number of benzene rings is 5. The average molecular weight is 761 g/mol. The number of ether oxygens (including phenoxy) is 7. The molecule has 6 N–H and O–H groups in total. The number of rotatable bonds is 12. The normalized spacial score (nSPS) is 30.7. The maximum absolute atomic E-state index is 12.0. The van der Waals surface area contributed by atoms with E-state index in [1.165, 1.54) is 0 Å². The molecule has 5 aromatic carbocycles. The van der Waals surface area contributed by atoms with Gasteiger partial charge in [0, 0.05) is 5.56 Å². The number of aliphatic hydroxyl groups is 2. The third-order valence-corrected chi connectivity index (χ3v) is 10.8. The van der Waals surface area contributed by atoms with Crippen LogP contribution in [0.15, 0.2) is 152 Å². The highest BCUT2D eigenvalue weighted by molar-refractivity contribution is 5.47. The molecule has 0 amide bonds. The van der Waals surface area contributed by atoms with Gasteiger partial charge in [-0.05, 0) is 22.3 Å². The molecule has 3 heterocycles. The molecular weight excluding hydrogens is 713 g/mol. The van der Waals surface area contributed by atoms with Gasteiger partial charge in [-0.1, -0.05) is 152 Å². The standard InChI is InChI=1S/C45H48N2O9/c46-36-38(48)41(56-44-37(47)39(49)40-34(54-44)27-51-42(55-40)30-18-8-2-9-19-30)35(53-43(36)50-26-29-16-6-1-7-17-29)28-52-45(31-20-10-3-11-21-31,32-22-12-4-13-23-32)33-24-14-5-15-25-33/h1-25,34-44,48-49H,26-28,46-47H2/t34-,35-,36-,37-,38-,39-,40-,41-,42?,43-,44+/m1/s1. The molecule has 11 nitrogen and oxygen atoms in total. The lowest BCUT2D eigenvalue weighted by Gasteiger charge is -2.49. The van der Waals surface area contributed by atoms with Crippen molar-refractivity contribution in [2.75, 3.05) is 13.2 Å². The average Bonchev–Trinajstić information content (AvgIpc) is 3.26. The molecule has 5 aromatic rings. The Labute approximate surface area is 326 Å². The van der Waals surface area contributed by atoms with Gasteiger partial charge in [0.25, 0.3) is 0 Å². The van der Waals surface area contributed by atoms with Crippen LogP contribution in [0, 0.1) is 0 Å². The minimum absolute atomic E-state index is 0.0835. The van der Waals surface area contributed by atoms with Crippen LogP contribution >= 0.6 is 0 Å². The maximum Gasteiger partial charge on any atom is 0.184 e. The van der Waals surface area contributed by atoms with Gasteiger partial charge in [-0.3, -0.25) is 0 Å². The van der Waals surface area contributed by atoms with Gasteiger partial charge in [0.15, 0.2) is 18.9 Å². The van der Waals surface area contributed by atoms with E-state index in [-0.39, 0.29) is 19.8 Å². The third kappa shape index (κ3) is 7.94. The summed E-state index contributed by atoms with van der Waals surface area (Å²) in [6.07, 6.45) is -8.96. The Morgan fingerprint density at radius 1 is 0.607 bits per heavy atom. The molecule has 3 fully saturated rings. The molecule has 11 heteroatoms. The molecule has 1 unspecified atom stereocenters. The molecule has 8 rings (SSSR count). The zero-order valence-corrected chi connectivity index (χ0v) is 30.8. The zero-order chi connectivity index (χ0) is 38.5. The fourth-order valence-electron chi connectivity index (χ4n) is 7.79. The molecule has 0 radical (unpaired) electrons. The predicted octanol–water partition coefficient (Wildman–Crippen LogP) is 4.54. The van der Waals surface area contributed by atoms with E-state index in [4.69, 9.17) is 44.6 Å². The van der Waals surface area contributed by atoms with Crippen LogP contribution in [0.2, 0.25) is 0 Å². The van der Waals surface area contributed by atoms with E-state index in [0.29, 0.717) is 0 Å². The van der Waals surface area contributed by atoms with E-state index in [1.54, 1.807) is 0 Å². The molecule has 3 saturated heterocycles. The molecule has 292 valence electrons. The molecule has 0 aliphatic carbocycles. The van der Waals surface area contributed by atoms with Crippen molar-refractivity contribution in [2.45, 2.75) is 79.8 Å². The number of aliphatic hydroxyl groups excluding tert-OH is 2. The Morgan fingerprint density at radius 3 is 1.70 bits per heavy atom. The Hall–Kier alpha value is -4.34. The lowest BCUT2D eigenvalue weighted by Crippen LogP contribution is -2.68. The quantitative estimate of drug-likeness (QED) is 0.133. The highest BCUT2D eigenvalue weighted by atomic mass is 16.8. The summed E-state index contributed by atoms with van der Waals surface area (Å²) < 4.78 is 45.1. The van der Waals surface area contributed by atoms with Crippen molar-refractivity contribution >= 4 is 0 Å². The van der Waals surface area contributed by atoms with E-state index < -0.39 is 73.2 Å². The van der Waals surface area contributed by atoms with Gasteiger partial charge in [0.2, 0.25) is 0 Å². The number of hydrogen-bond donors (Lipinski definition) is 4. The van der Waals surface area contributed by atoms with Crippen molar-refractivity contribution in [3.8, 4) is 0 Å². The lowest BCUT2D eigenvalue weighted by molar-refractivity contribution is -0.364. The van der Waals surface area contributed by atoms with E-state index >= 15 is 0 Å². The summed E-state index contributed by atoms with van der Waals surface area (Å²) in [5.41, 5.74) is 16.6. The smallest absolute Gasteiger partial charge is 0.184 e. The van der Waals surface area contributed by atoms with Crippen LogP contribution < -0.4 is 11.5 Å². The first kappa shape index (κ1) is 38.5. The second-order valence-corrected chi connectivity index (χ2v) is 14.4. The Morgan fingerprint density at radius 2 is 1.12 bits per heavy atom. The van der Waals surface area contributed by atoms with Gasteiger partial charge in [-0.2, -0.15) is 0 Å². The van der Waals surface area contributed by atoms with Crippen LogP contribution in [0.1, 0.15) is 34.1 Å². The van der Waals surface area contributed by atoms with Crippen LogP contribution in [0.3, 0.4) is 0 Å². The zero-order valence-electron chi connectivity index (χ0n) is 30.8. The summed E-state index contributed by atoms with van der Waals surface area (Å²) >= 11 is 0. The highest BCUT2D eigenvalue weighted by Gasteiger charge is 2.53. The number of nitrogens with two attached hydrogens (primary N) is 2. The SMILES string of the molecule is N[C@H]1[C@H](O[C@H]2[C@H](O)[C@@H](N)[C@H](OCc3ccccc3)O[C@@H]2COC(c2ccccc2)(c2ccccc2)c2ccccc2)O[C@@H]2COC(c3ccccc3)O[C@H]2[C@@H]1O. The third-order valence-electron chi connectivity index (χ3n) is 10.8. The van der Waals surface area contributed by atoms with Gasteiger partial charge in [-0.25, -0.2) is 0 Å². The highest BCUT2D eigenvalue weighted by Crippen LogP contribution is 2.42. The summed E-state index contributed by atoms with van der Waals surface area (Å²) in [6, 6.07) is 46.9. The minimum Gasteiger partial charge on any atom is -0.388 e. The Bertz CT molecular complexity index is 1850. The molecule has 3 aliphatic heterocycles.